The first-order chi connectivity index (χ1) is 15.9. The molecule has 9 heteroatoms. The number of oxazole rings is 1. The highest BCUT2D eigenvalue weighted by Crippen LogP contribution is 2.34. The standard InChI is InChI=1S/C24H26ClFN4O3/c1-16-27-15-23(33-16)19-6-5-18(13-22(19)32-2)29-8-3-9-30(11-10-29)24(31)28-14-17-4-7-21(26)20(25)12-17/h4-7,12-13,15H,3,8-11,14H2,1-2H3,(H,28,31). The number of amides is 2. The van der Waals surface area contributed by atoms with Gasteiger partial charge in [0.2, 0.25) is 0 Å². The molecule has 0 atom stereocenters. The molecule has 174 valence electrons. The van der Waals surface area contributed by atoms with Crippen LogP contribution in [-0.2, 0) is 6.54 Å². The van der Waals surface area contributed by atoms with Gasteiger partial charge in [-0.15, -0.1) is 0 Å². The Kier molecular flexibility index (Phi) is 7.03. The summed E-state index contributed by atoms with van der Waals surface area (Å²) in [6, 6.07) is 10.3. The van der Waals surface area contributed by atoms with Crippen molar-refractivity contribution in [2.24, 2.45) is 0 Å². The van der Waals surface area contributed by atoms with Gasteiger partial charge in [-0.25, -0.2) is 14.2 Å². The highest BCUT2D eigenvalue weighted by atomic mass is 35.5. The number of halogens is 2. The Bertz CT molecular complexity index is 1140. The molecule has 0 saturated carbocycles. The quantitative estimate of drug-likeness (QED) is 0.573. The summed E-state index contributed by atoms with van der Waals surface area (Å²) >= 11 is 5.82. The van der Waals surface area contributed by atoms with E-state index < -0.39 is 5.82 Å². The van der Waals surface area contributed by atoms with Crippen LogP contribution in [0, 0.1) is 12.7 Å². The second-order valence-corrected chi connectivity index (χ2v) is 8.27. The summed E-state index contributed by atoms with van der Waals surface area (Å²) in [6.45, 7) is 4.85. The number of rotatable bonds is 5. The van der Waals surface area contributed by atoms with Gasteiger partial charge in [0.25, 0.3) is 0 Å². The Hall–Kier alpha value is -3.26. The summed E-state index contributed by atoms with van der Waals surface area (Å²) in [6.07, 6.45) is 2.52. The molecule has 1 aromatic heterocycles. The summed E-state index contributed by atoms with van der Waals surface area (Å²) in [4.78, 5) is 20.9. The summed E-state index contributed by atoms with van der Waals surface area (Å²) in [5.41, 5.74) is 2.62. The molecule has 0 aliphatic carbocycles. The van der Waals surface area contributed by atoms with Gasteiger partial charge in [0, 0.05) is 51.4 Å². The largest absolute Gasteiger partial charge is 0.496 e. The lowest BCUT2D eigenvalue weighted by molar-refractivity contribution is 0.201. The Morgan fingerprint density at radius 1 is 1.21 bits per heavy atom. The van der Waals surface area contributed by atoms with Crippen LogP contribution in [0.3, 0.4) is 0 Å². The number of anilines is 1. The van der Waals surface area contributed by atoms with Gasteiger partial charge in [-0.1, -0.05) is 17.7 Å². The summed E-state index contributed by atoms with van der Waals surface area (Å²) in [7, 11) is 1.63. The molecule has 2 heterocycles. The van der Waals surface area contributed by atoms with Crippen LogP contribution in [0.1, 0.15) is 17.9 Å². The fraction of sp³-hybridized carbons (Fsp3) is 0.333. The molecular formula is C24H26ClFN4O3. The third-order valence-corrected chi connectivity index (χ3v) is 5.94. The predicted octanol–water partition coefficient (Wildman–Crippen LogP) is 4.87. The van der Waals surface area contributed by atoms with E-state index in [0.29, 0.717) is 43.6 Å². The Balaban J connectivity index is 1.38. The molecule has 2 aromatic carbocycles. The van der Waals surface area contributed by atoms with Crippen LogP contribution in [0.5, 0.6) is 5.75 Å². The Morgan fingerprint density at radius 2 is 2.06 bits per heavy atom. The first kappa shape index (κ1) is 22.9. The van der Waals surface area contributed by atoms with Gasteiger partial charge >= 0.3 is 6.03 Å². The second kappa shape index (κ2) is 10.1. The zero-order valence-electron chi connectivity index (χ0n) is 18.6. The fourth-order valence-corrected chi connectivity index (χ4v) is 4.09. The molecule has 1 N–H and O–H groups in total. The smallest absolute Gasteiger partial charge is 0.317 e. The van der Waals surface area contributed by atoms with E-state index >= 15 is 0 Å². The first-order valence-corrected chi connectivity index (χ1v) is 11.1. The maximum atomic E-state index is 13.3. The van der Waals surface area contributed by atoms with Crippen molar-refractivity contribution in [2.45, 2.75) is 19.9 Å². The first-order valence-electron chi connectivity index (χ1n) is 10.8. The van der Waals surface area contributed by atoms with Crippen molar-refractivity contribution in [1.82, 2.24) is 15.2 Å². The van der Waals surface area contributed by atoms with Crippen molar-refractivity contribution in [3.63, 3.8) is 0 Å². The number of urea groups is 1. The lowest BCUT2D eigenvalue weighted by atomic mass is 10.1. The number of nitrogens with one attached hydrogen (secondary N) is 1. The van der Waals surface area contributed by atoms with Crippen LogP contribution in [0.2, 0.25) is 5.02 Å². The molecule has 1 aliphatic heterocycles. The minimum atomic E-state index is -0.472. The number of aryl methyl sites for hydroxylation is 1. The van der Waals surface area contributed by atoms with E-state index in [4.69, 9.17) is 20.8 Å². The fourth-order valence-electron chi connectivity index (χ4n) is 3.88. The third kappa shape index (κ3) is 5.39. The van der Waals surface area contributed by atoms with Crippen LogP contribution in [0.25, 0.3) is 11.3 Å². The summed E-state index contributed by atoms with van der Waals surface area (Å²) in [5, 5.41) is 2.94. The lowest BCUT2D eigenvalue weighted by Crippen LogP contribution is -2.41. The molecular weight excluding hydrogens is 447 g/mol. The van der Waals surface area contributed by atoms with Crippen molar-refractivity contribution < 1.29 is 18.3 Å². The van der Waals surface area contributed by atoms with Gasteiger partial charge in [0.05, 0.1) is 23.9 Å². The molecule has 0 radical (unpaired) electrons. The van der Waals surface area contributed by atoms with Gasteiger partial charge < -0.3 is 24.3 Å². The van der Waals surface area contributed by atoms with Crippen LogP contribution >= 0.6 is 11.6 Å². The van der Waals surface area contributed by atoms with E-state index in [1.54, 1.807) is 31.2 Å². The van der Waals surface area contributed by atoms with Crippen LogP contribution in [0.4, 0.5) is 14.9 Å². The monoisotopic (exact) mass is 472 g/mol. The number of ether oxygens (including phenoxy) is 1. The number of hydrogen-bond donors (Lipinski definition) is 1. The topological polar surface area (TPSA) is 70.8 Å². The molecule has 0 bridgehead atoms. The minimum absolute atomic E-state index is 0.0482. The average Bonchev–Trinajstić information content (AvgIpc) is 3.10. The van der Waals surface area contributed by atoms with Gasteiger partial charge in [-0.2, -0.15) is 0 Å². The summed E-state index contributed by atoms with van der Waals surface area (Å²) in [5.74, 6) is 1.50. The predicted molar refractivity (Wildman–Crippen MR) is 125 cm³/mol. The number of methoxy groups -OCH3 is 1. The molecule has 33 heavy (non-hydrogen) atoms. The van der Waals surface area contributed by atoms with Crippen LogP contribution in [0.15, 0.2) is 47.0 Å². The van der Waals surface area contributed by atoms with Gasteiger partial charge in [-0.05, 0) is 36.2 Å². The average molecular weight is 473 g/mol. The number of carbonyl (C=O) groups excluding carboxylic acids is 1. The highest BCUT2D eigenvalue weighted by molar-refractivity contribution is 6.30. The number of nitrogens with zero attached hydrogens (tertiary/aromatic N) is 3. The van der Waals surface area contributed by atoms with E-state index in [1.165, 1.54) is 12.1 Å². The molecule has 1 saturated heterocycles. The number of carbonyl (C=O) groups is 1. The highest BCUT2D eigenvalue weighted by Gasteiger charge is 2.21. The van der Waals surface area contributed by atoms with E-state index in [9.17, 15) is 9.18 Å². The molecule has 3 aromatic rings. The molecule has 2 amide bonds. The van der Waals surface area contributed by atoms with E-state index in [1.807, 2.05) is 18.2 Å². The normalized spacial score (nSPS) is 14.2. The molecule has 1 aliphatic rings. The summed E-state index contributed by atoms with van der Waals surface area (Å²) < 4.78 is 24.6. The maximum absolute atomic E-state index is 13.3. The number of hydrogen-bond acceptors (Lipinski definition) is 5. The molecule has 4 rings (SSSR count). The maximum Gasteiger partial charge on any atom is 0.317 e. The van der Waals surface area contributed by atoms with E-state index in [-0.39, 0.29) is 11.1 Å². The molecule has 0 unspecified atom stereocenters. The van der Waals surface area contributed by atoms with E-state index in [0.717, 1.165) is 29.8 Å². The zero-order chi connectivity index (χ0) is 23.4. The Labute approximate surface area is 197 Å². The second-order valence-electron chi connectivity index (χ2n) is 7.86. The van der Waals surface area contributed by atoms with Crippen molar-refractivity contribution in [3.8, 4) is 17.1 Å². The van der Waals surface area contributed by atoms with Crippen molar-refractivity contribution in [3.05, 3.63) is 64.9 Å². The van der Waals surface area contributed by atoms with Gasteiger partial charge in [0.1, 0.15) is 11.6 Å². The number of aromatic nitrogens is 1. The zero-order valence-corrected chi connectivity index (χ0v) is 19.4. The van der Waals surface area contributed by atoms with Crippen LogP contribution < -0.4 is 15.0 Å². The third-order valence-electron chi connectivity index (χ3n) is 5.65. The van der Waals surface area contributed by atoms with Crippen LogP contribution in [-0.4, -0.2) is 49.2 Å². The van der Waals surface area contributed by atoms with E-state index in [2.05, 4.69) is 15.2 Å². The van der Waals surface area contributed by atoms with Crippen molar-refractivity contribution in [1.29, 1.82) is 0 Å². The molecule has 1 fully saturated rings. The van der Waals surface area contributed by atoms with Gasteiger partial charge in [0.15, 0.2) is 11.7 Å². The molecule has 0 spiro atoms. The SMILES string of the molecule is COc1cc(N2CCCN(C(=O)NCc3ccc(F)c(Cl)c3)CC2)ccc1-c1cnc(C)o1. The van der Waals surface area contributed by atoms with Crippen molar-refractivity contribution in [2.75, 3.05) is 38.2 Å². The lowest BCUT2D eigenvalue weighted by Gasteiger charge is -2.24. The minimum Gasteiger partial charge on any atom is -0.496 e. The van der Waals surface area contributed by atoms with Gasteiger partial charge in [-0.3, -0.25) is 0 Å². The number of benzene rings is 2. The molecule has 7 nitrogen and oxygen atoms in total. The Morgan fingerprint density at radius 3 is 2.79 bits per heavy atom. The van der Waals surface area contributed by atoms with Crippen molar-refractivity contribution >= 4 is 23.3 Å².